The van der Waals surface area contributed by atoms with Gasteiger partial charge in [-0.3, -0.25) is 29.4 Å². The number of carbonyl (C=O) groups excluding carboxylic acids is 4. The first-order valence-electron chi connectivity index (χ1n) is 19.8. The molecule has 1 aromatic heterocycles. The maximum Gasteiger partial charge on any atom is 0.255 e. The van der Waals surface area contributed by atoms with E-state index < -0.39 is 11.9 Å². The van der Waals surface area contributed by atoms with Crippen LogP contribution in [0.3, 0.4) is 0 Å². The number of hydrogen-bond donors (Lipinski definition) is 2. The molecular formula is C43H50ClN7O6. The number of aromatic nitrogens is 1. The molecule has 1 saturated carbocycles. The molecule has 2 aromatic carbocycles. The quantitative estimate of drug-likeness (QED) is 0.171. The van der Waals surface area contributed by atoms with E-state index in [0.717, 1.165) is 63.4 Å². The van der Waals surface area contributed by atoms with Crippen molar-refractivity contribution >= 4 is 41.0 Å². The molecule has 7 rings (SSSR count). The molecular weight excluding hydrogens is 746 g/mol. The van der Waals surface area contributed by atoms with Gasteiger partial charge in [0.1, 0.15) is 35.5 Å². The van der Waals surface area contributed by atoms with E-state index in [1.54, 1.807) is 35.4 Å². The van der Waals surface area contributed by atoms with Crippen LogP contribution in [-0.4, -0.2) is 95.9 Å². The summed E-state index contributed by atoms with van der Waals surface area (Å²) in [4.78, 5) is 61.2. The summed E-state index contributed by atoms with van der Waals surface area (Å²) >= 11 is 6.24. The lowest BCUT2D eigenvalue weighted by Crippen LogP contribution is -2.74. The fourth-order valence-electron chi connectivity index (χ4n) is 9.16. The third-order valence-electron chi connectivity index (χ3n) is 12.0. The Morgan fingerprint density at radius 1 is 0.982 bits per heavy atom. The van der Waals surface area contributed by atoms with Crippen LogP contribution in [0.25, 0.3) is 0 Å². The molecule has 1 atom stereocenters. The Bertz CT molecular complexity index is 2060. The van der Waals surface area contributed by atoms with Gasteiger partial charge in [0, 0.05) is 73.8 Å². The lowest BCUT2D eigenvalue weighted by Gasteiger charge is -2.63. The van der Waals surface area contributed by atoms with Crippen LogP contribution in [0.1, 0.15) is 91.6 Å². The fourth-order valence-corrected chi connectivity index (χ4v) is 9.38. The van der Waals surface area contributed by atoms with E-state index in [9.17, 15) is 24.4 Å². The number of amides is 4. The van der Waals surface area contributed by atoms with Gasteiger partial charge in [0.25, 0.3) is 11.8 Å². The number of piperazine rings is 1. The van der Waals surface area contributed by atoms with Crippen molar-refractivity contribution in [1.29, 1.82) is 5.26 Å². The number of unbranched alkanes of at least 4 members (excludes halogenated alkanes) is 2. The van der Waals surface area contributed by atoms with Crippen LogP contribution in [0.2, 0.25) is 5.02 Å². The molecule has 3 aliphatic heterocycles. The van der Waals surface area contributed by atoms with Crippen LogP contribution in [0, 0.1) is 22.2 Å². The highest BCUT2D eigenvalue weighted by Gasteiger charge is 2.64. The summed E-state index contributed by atoms with van der Waals surface area (Å²) in [6.07, 6.45) is 5.06. The lowest BCUT2D eigenvalue weighted by molar-refractivity contribution is -0.164. The van der Waals surface area contributed by atoms with Gasteiger partial charge in [0.2, 0.25) is 11.8 Å². The highest BCUT2D eigenvalue weighted by Crippen LogP contribution is 2.55. The average molecular weight is 796 g/mol. The summed E-state index contributed by atoms with van der Waals surface area (Å²) < 4.78 is 12.4. The Balaban J connectivity index is 0.799. The number of pyridine rings is 1. The van der Waals surface area contributed by atoms with Gasteiger partial charge in [-0.05, 0) is 80.3 Å². The van der Waals surface area contributed by atoms with Gasteiger partial charge in [-0.1, -0.05) is 39.3 Å². The summed E-state index contributed by atoms with van der Waals surface area (Å²) in [5.74, 6) is 1.10. The third-order valence-corrected chi connectivity index (χ3v) is 12.3. The molecule has 0 spiro atoms. The van der Waals surface area contributed by atoms with E-state index in [0.29, 0.717) is 52.8 Å². The summed E-state index contributed by atoms with van der Waals surface area (Å²) in [6.45, 7) is 13.9. The molecule has 2 saturated heterocycles. The number of benzene rings is 2. The summed E-state index contributed by atoms with van der Waals surface area (Å²) in [5, 5.41) is 15.1. The van der Waals surface area contributed by atoms with Crippen molar-refractivity contribution in [1.82, 2.24) is 25.4 Å². The molecule has 1 aliphatic carbocycles. The Morgan fingerprint density at radius 2 is 1.74 bits per heavy atom. The van der Waals surface area contributed by atoms with Crippen molar-refractivity contribution in [3.05, 3.63) is 82.0 Å². The minimum atomic E-state index is -0.626. The maximum absolute atomic E-state index is 13.4. The second-order valence-corrected chi connectivity index (χ2v) is 17.1. The number of halogens is 1. The van der Waals surface area contributed by atoms with E-state index in [-0.39, 0.29) is 47.1 Å². The number of ether oxygens (including phenoxy) is 2. The minimum Gasteiger partial charge on any atom is -0.494 e. The molecule has 14 heteroatoms. The summed E-state index contributed by atoms with van der Waals surface area (Å²) in [6, 6.07) is 15.6. The van der Waals surface area contributed by atoms with Gasteiger partial charge in [-0.2, -0.15) is 5.26 Å². The Hall–Kier alpha value is -5.19. The van der Waals surface area contributed by atoms with Crippen molar-refractivity contribution in [2.24, 2.45) is 10.8 Å². The number of anilines is 1. The van der Waals surface area contributed by atoms with Crippen LogP contribution >= 0.6 is 11.6 Å². The number of fused-ring (bicyclic) bond motifs is 1. The van der Waals surface area contributed by atoms with E-state index in [4.69, 9.17) is 21.1 Å². The standard InChI is InChI=1S/C43H50ClN7O6/c1-42(2)40(43(3,4)41(42)57-31-10-8-27(24-45)33(44)23-31)48-37(53)28-9-14-35(46-25-28)50-19-17-49(18-20-50)16-6-5-7-21-56-30-11-12-32-29(22-30)26-51(39(32)55)34-13-15-36(52)47-38(34)54/h8-12,14,22-23,25,34,40-41H,5-7,13,15-21,26H2,1-4H3,(H,48,53)(H,47,52,54)/t34-,40?,41?/m0/s1. The average Bonchev–Trinajstić information content (AvgIpc) is 3.52. The van der Waals surface area contributed by atoms with Crippen molar-refractivity contribution in [3.8, 4) is 17.6 Å². The van der Waals surface area contributed by atoms with Crippen molar-refractivity contribution < 1.29 is 28.7 Å². The molecule has 13 nitrogen and oxygen atoms in total. The molecule has 57 heavy (non-hydrogen) atoms. The fraction of sp³-hybridized carbons (Fsp3) is 0.488. The van der Waals surface area contributed by atoms with E-state index in [1.165, 1.54) is 0 Å². The second kappa shape index (κ2) is 16.3. The number of hydrogen-bond acceptors (Lipinski definition) is 10. The van der Waals surface area contributed by atoms with Gasteiger partial charge in [-0.15, -0.1) is 0 Å². The van der Waals surface area contributed by atoms with Crippen LogP contribution in [0.15, 0.2) is 54.7 Å². The predicted octanol–water partition coefficient (Wildman–Crippen LogP) is 5.35. The molecule has 3 fully saturated rings. The van der Waals surface area contributed by atoms with Gasteiger partial charge >= 0.3 is 0 Å². The topological polar surface area (TPSA) is 157 Å². The number of nitrogens with zero attached hydrogens (tertiary/aromatic N) is 5. The maximum atomic E-state index is 13.4. The number of nitriles is 1. The Labute approximate surface area is 338 Å². The Kier molecular flexibility index (Phi) is 11.5. The van der Waals surface area contributed by atoms with Gasteiger partial charge < -0.3 is 24.6 Å². The van der Waals surface area contributed by atoms with E-state index >= 15 is 0 Å². The first kappa shape index (κ1) is 40.0. The Morgan fingerprint density at radius 3 is 2.42 bits per heavy atom. The SMILES string of the molecule is CC1(C)C(NC(=O)c2ccc(N3CCN(CCCCCOc4ccc5c(c4)CN([C@H]4CCC(=O)NC4=O)C5=O)CC3)nc2)C(C)(C)C1Oc1ccc(C#N)c(Cl)c1. The number of piperidine rings is 1. The van der Waals surface area contributed by atoms with Gasteiger partial charge in [0.05, 0.1) is 22.8 Å². The number of rotatable bonds is 13. The largest absolute Gasteiger partial charge is 0.494 e. The number of carbonyl (C=O) groups is 4. The van der Waals surface area contributed by atoms with Gasteiger partial charge in [0.15, 0.2) is 0 Å². The highest BCUT2D eigenvalue weighted by atomic mass is 35.5. The third kappa shape index (κ3) is 8.29. The van der Waals surface area contributed by atoms with Crippen LogP contribution in [-0.2, 0) is 16.1 Å². The van der Waals surface area contributed by atoms with E-state index in [1.807, 2.05) is 24.3 Å². The van der Waals surface area contributed by atoms with Crippen molar-refractivity contribution in [3.63, 3.8) is 0 Å². The second-order valence-electron chi connectivity index (χ2n) is 16.7. The molecule has 4 aliphatic rings. The zero-order valence-electron chi connectivity index (χ0n) is 33.0. The van der Waals surface area contributed by atoms with Crippen LogP contribution in [0.4, 0.5) is 5.82 Å². The number of imide groups is 1. The molecule has 0 unspecified atom stereocenters. The minimum absolute atomic E-state index is 0.143. The molecule has 0 bridgehead atoms. The highest BCUT2D eigenvalue weighted by molar-refractivity contribution is 6.31. The van der Waals surface area contributed by atoms with Crippen LogP contribution in [0.5, 0.6) is 11.5 Å². The zero-order valence-corrected chi connectivity index (χ0v) is 33.7. The van der Waals surface area contributed by atoms with Crippen molar-refractivity contribution in [2.45, 2.75) is 84.5 Å². The first-order valence-corrected chi connectivity index (χ1v) is 20.1. The molecule has 3 aromatic rings. The lowest BCUT2D eigenvalue weighted by atomic mass is 9.49. The number of nitrogens with one attached hydrogen (secondary N) is 2. The predicted molar refractivity (Wildman–Crippen MR) is 214 cm³/mol. The molecule has 0 radical (unpaired) electrons. The van der Waals surface area contributed by atoms with Gasteiger partial charge in [-0.25, -0.2) is 4.98 Å². The smallest absolute Gasteiger partial charge is 0.255 e. The van der Waals surface area contributed by atoms with Crippen LogP contribution < -0.4 is 25.0 Å². The molecule has 4 heterocycles. The normalized spacial score (nSPS) is 22.6. The van der Waals surface area contributed by atoms with Crippen molar-refractivity contribution in [2.75, 3.05) is 44.2 Å². The summed E-state index contributed by atoms with van der Waals surface area (Å²) in [7, 11) is 0. The summed E-state index contributed by atoms with van der Waals surface area (Å²) in [5.41, 5.74) is 1.60. The zero-order chi connectivity index (χ0) is 40.5. The molecule has 2 N–H and O–H groups in total. The monoisotopic (exact) mass is 795 g/mol. The molecule has 4 amide bonds. The first-order chi connectivity index (χ1) is 27.3. The molecule has 300 valence electrons. The van der Waals surface area contributed by atoms with E-state index in [2.05, 4.69) is 59.2 Å².